The van der Waals surface area contributed by atoms with E-state index >= 15 is 0 Å². The van der Waals surface area contributed by atoms with E-state index < -0.39 is 0 Å². The van der Waals surface area contributed by atoms with Crippen LogP contribution < -0.4 is 10.6 Å². The maximum atomic E-state index is 3.71. The predicted molar refractivity (Wildman–Crippen MR) is 62.9 cm³/mol. The van der Waals surface area contributed by atoms with Crippen LogP contribution in [0.15, 0.2) is 0 Å². The zero-order valence-corrected chi connectivity index (χ0v) is 9.67. The zero-order chi connectivity index (χ0) is 10.1. The average Bonchev–Trinajstić information content (AvgIpc) is 2.75. The number of fused-ring (bicyclic) bond motifs is 2. The highest BCUT2D eigenvalue weighted by Crippen LogP contribution is 2.33. The predicted octanol–water partition coefficient (Wildman–Crippen LogP) is 1.91. The van der Waals surface area contributed by atoms with Crippen molar-refractivity contribution in [2.45, 2.75) is 57.0 Å². The van der Waals surface area contributed by atoms with Crippen LogP contribution in [0.5, 0.6) is 0 Å². The van der Waals surface area contributed by atoms with Crippen molar-refractivity contribution in [1.29, 1.82) is 0 Å². The molecule has 2 bridgehead atoms. The Kier molecular flexibility index (Phi) is 2.98. The SMILES string of the molecule is C1CC(CCNCC2CC3CCC2N3)C1. The fourth-order valence-electron chi connectivity index (χ4n) is 3.54. The Morgan fingerprint density at radius 2 is 2.07 bits per heavy atom. The summed E-state index contributed by atoms with van der Waals surface area (Å²) >= 11 is 0. The molecule has 15 heavy (non-hydrogen) atoms. The maximum absolute atomic E-state index is 3.71. The second kappa shape index (κ2) is 4.42. The largest absolute Gasteiger partial charge is 0.316 e. The van der Waals surface area contributed by atoms with Crippen molar-refractivity contribution >= 4 is 0 Å². The van der Waals surface area contributed by atoms with Gasteiger partial charge in [-0.1, -0.05) is 19.3 Å². The van der Waals surface area contributed by atoms with E-state index in [1.807, 2.05) is 0 Å². The number of rotatable bonds is 5. The van der Waals surface area contributed by atoms with Crippen LogP contribution in [-0.4, -0.2) is 25.2 Å². The summed E-state index contributed by atoms with van der Waals surface area (Å²) in [7, 11) is 0. The maximum Gasteiger partial charge on any atom is 0.0111 e. The Bertz CT molecular complexity index is 213. The molecule has 2 heteroatoms. The van der Waals surface area contributed by atoms with E-state index in [9.17, 15) is 0 Å². The molecule has 0 radical (unpaired) electrons. The molecule has 0 aromatic rings. The third-order valence-corrected chi connectivity index (χ3v) is 4.79. The summed E-state index contributed by atoms with van der Waals surface area (Å²) in [4.78, 5) is 0. The second-order valence-electron chi connectivity index (χ2n) is 5.83. The van der Waals surface area contributed by atoms with Gasteiger partial charge in [-0.2, -0.15) is 0 Å². The minimum atomic E-state index is 0.853. The van der Waals surface area contributed by atoms with Crippen LogP contribution in [0.1, 0.15) is 44.9 Å². The molecule has 2 nitrogen and oxygen atoms in total. The zero-order valence-electron chi connectivity index (χ0n) is 9.67. The second-order valence-corrected chi connectivity index (χ2v) is 5.83. The molecule has 0 spiro atoms. The summed E-state index contributed by atoms with van der Waals surface area (Å²) in [5.41, 5.74) is 0. The van der Waals surface area contributed by atoms with Crippen molar-refractivity contribution in [3.05, 3.63) is 0 Å². The molecule has 0 aromatic carbocycles. The molecular weight excluding hydrogens is 184 g/mol. The summed E-state index contributed by atoms with van der Waals surface area (Å²) in [5, 5.41) is 7.38. The molecule has 0 aromatic heterocycles. The fraction of sp³-hybridized carbons (Fsp3) is 1.00. The van der Waals surface area contributed by atoms with E-state index in [-0.39, 0.29) is 0 Å². The summed E-state index contributed by atoms with van der Waals surface area (Å²) in [6, 6.07) is 1.72. The highest BCUT2D eigenvalue weighted by atomic mass is 15.0. The van der Waals surface area contributed by atoms with Gasteiger partial charge in [-0.15, -0.1) is 0 Å². The molecule has 2 aliphatic heterocycles. The van der Waals surface area contributed by atoms with Gasteiger partial charge in [0.05, 0.1) is 0 Å². The molecule has 3 atom stereocenters. The summed E-state index contributed by atoms with van der Waals surface area (Å²) in [5.74, 6) is 2.00. The normalized spacial score (nSPS) is 39.6. The Hall–Kier alpha value is -0.0800. The van der Waals surface area contributed by atoms with E-state index in [2.05, 4.69) is 10.6 Å². The number of hydrogen-bond acceptors (Lipinski definition) is 2. The van der Waals surface area contributed by atoms with Crippen LogP contribution in [0.2, 0.25) is 0 Å². The van der Waals surface area contributed by atoms with Gasteiger partial charge in [0.2, 0.25) is 0 Å². The Morgan fingerprint density at radius 1 is 1.13 bits per heavy atom. The summed E-state index contributed by atoms with van der Waals surface area (Å²) < 4.78 is 0. The lowest BCUT2D eigenvalue weighted by atomic mass is 9.83. The third kappa shape index (κ3) is 2.21. The monoisotopic (exact) mass is 208 g/mol. The lowest BCUT2D eigenvalue weighted by Gasteiger charge is -2.26. The molecule has 0 amide bonds. The molecule has 3 unspecified atom stereocenters. The first-order valence-electron chi connectivity index (χ1n) is 6.88. The molecule has 2 saturated heterocycles. The molecule has 3 rings (SSSR count). The van der Waals surface area contributed by atoms with Crippen LogP contribution in [0.3, 0.4) is 0 Å². The Balaban J connectivity index is 1.29. The van der Waals surface area contributed by atoms with Gasteiger partial charge < -0.3 is 10.6 Å². The molecule has 1 saturated carbocycles. The first-order valence-corrected chi connectivity index (χ1v) is 6.88. The van der Waals surface area contributed by atoms with E-state index in [4.69, 9.17) is 0 Å². The van der Waals surface area contributed by atoms with E-state index in [1.165, 1.54) is 58.0 Å². The lowest BCUT2D eigenvalue weighted by Crippen LogP contribution is -2.33. The van der Waals surface area contributed by atoms with Crippen molar-refractivity contribution < 1.29 is 0 Å². The molecule has 3 fully saturated rings. The lowest BCUT2D eigenvalue weighted by molar-refractivity contribution is 0.286. The van der Waals surface area contributed by atoms with Gasteiger partial charge in [-0.25, -0.2) is 0 Å². The van der Waals surface area contributed by atoms with Crippen LogP contribution >= 0.6 is 0 Å². The first-order chi connectivity index (χ1) is 7.42. The molecule has 86 valence electrons. The van der Waals surface area contributed by atoms with Gasteiger partial charge >= 0.3 is 0 Å². The van der Waals surface area contributed by atoms with E-state index in [0.29, 0.717) is 0 Å². The number of hydrogen-bond donors (Lipinski definition) is 2. The summed E-state index contributed by atoms with van der Waals surface area (Å²) in [6.45, 7) is 2.53. The van der Waals surface area contributed by atoms with E-state index in [1.54, 1.807) is 0 Å². The Labute approximate surface area is 93.2 Å². The van der Waals surface area contributed by atoms with Crippen molar-refractivity contribution in [2.75, 3.05) is 13.1 Å². The van der Waals surface area contributed by atoms with Crippen LogP contribution in [0, 0.1) is 11.8 Å². The van der Waals surface area contributed by atoms with E-state index in [0.717, 1.165) is 23.9 Å². The number of nitrogens with one attached hydrogen (secondary N) is 2. The van der Waals surface area contributed by atoms with Gasteiger partial charge in [-0.05, 0) is 50.6 Å². The van der Waals surface area contributed by atoms with Gasteiger partial charge in [0, 0.05) is 12.1 Å². The highest BCUT2D eigenvalue weighted by Gasteiger charge is 2.38. The quantitative estimate of drug-likeness (QED) is 0.674. The van der Waals surface area contributed by atoms with Gasteiger partial charge in [0.1, 0.15) is 0 Å². The molecular formula is C13H24N2. The van der Waals surface area contributed by atoms with Gasteiger partial charge in [-0.3, -0.25) is 0 Å². The minimum absolute atomic E-state index is 0.853. The molecule has 1 aliphatic carbocycles. The topological polar surface area (TPSA) is 24.1 Å². The van der Waals surface area contributed by atoms with Crippen LogP contribution in [0.25, 0.3) is 0 Å². The highest BCUT2D eigenvalue weighted by molar-refractivity contribution is 4.97. The third-order valence-electron chi connectivity index (χ3n) is 4.79. The first kappa shape index (κ1) is 10.1. The molecule has 2 heterocycles. The standard InChI is InChI=1S/C13H24N2/c1-2-10(3-1)6-7-14-9-11-8-12-4-5-13(11)15-12/h10-15H,1-9H2. The summed E-state index contributed by atoms with van der Waals surface area (Å²) in [6.07, 6.45) is 10.2. The minimum Gasteiger partial charge on any atom is -0.316 e. The smallest absolute Gasteiger partial charge is 0.0111 e. The van der Waals surface area contributed by atoms with Crippen LogP contribution in [-0.2, 0) is 0 Å². The van der Waals surface area contributed by atoms with Gasteiger partial charge in [0.25, 0.3) is 0 Å². The van der Waals surface area contributed by atoms with Crippen molar-refractivity contribution in [3.63, 3.8) is 0 Å². The van der Waals surface area contributed by atoms with Crippen molar-refractivity contribution in [3.8, 4) is 0 Å². The average molecular weight is 208 g/mol. The Morgan fingerprint density at radius 3 is 2.67 bits per heavy atom. The van der Waals surface area contributed by atoms with Crippen molar-refractivity contribution in [2.24, 2.45) is 11.8 Å². The van der Waals surface area contributed by atoms with Crippen molar-refractivity contribution in [1.82, 2.24) is 10.6 Å². The molecule has 2 N–H and O–H groups in total. The van der Waals surface area contributed by atoms with Crippen LogP contribution in [0.4, 0.5) is 0 Å². The fourth-order valence-corrected chi connectivity index (χ4v) is 3.54. The molecule has 3 aliphatic rings. The van der Waals surface area contributed by atoms with Gasteiger partial charge in [0.15, 0.2) is 0 Å².